The number of anilines is 1. The van der Waals surface area contributed by atoms with E-state index < -0.39 is 0 Å². The standard InChI is InChI=1S/C29H34N4O2/c1-20-6-7-22(32-15-9-21(10-16-32)33-17-11-23(34)19-33)18-25(20)28(35)31-29(12-13-29)26-8-14-30-27-5-3-2-4-24(26)27/h2-8,14,18,21,23,34H,9-13,15-17,19H2,1H3,(H,31,35). The van der Waals surface area contributed by atoms with Gasteiger partial charge in [-0.1, -0.05) is 24.3 Å². The number of benzene rings is 2. The lowest BCUT2D eigenvalue weighted by Crippen LogP contribution is -2.44. The highest BCUT2D eigenvalue weighted by Crippen LogP contribution is 2.48. The fourth-order valence-electron chi connectivity index (χ4n) is 6.02. The molecule has 1 unspecified atom stereocenters. The number of carbonyl (C=O) groups is 1. The van der Waals surface area contributed by atoms with Gasteiger partial charge in [-0.25, -0.2) is 0 Å². The molecule has 3 fully saturated rings. The van der Waals surface area contributed by atoms with E-state index >= 15 is 0 Å². The minimum atomic E-state index is -0.305. The van der Waals surface area contributed by atoms with E-state index in [0.717, 1.165) is 86.0 Å². The first kappa shape index (κ1) is 22.5. The number of nitrogens with one attached hydrogen (secondary N) is 1. The van der Waals surface area contributed by atoms with Crippen LogP contribution < -0.4 is 10.2 Å². The number of amides is 1. The van der Waals surface area contributed by atoms with Crippen molar-refractivity contribution in [2.75, 3.05) is 31.1 Å². The molecule has 182 valence electrons. The molecule has 0 spiro atoms. The summed E-state index contributed by atoms with van der Waals surface area (Å²) in [7, 11) is 0. The maximum absolute atomic E-state index is 13.5. The third kappa shape index (κ3) is 4.30. The van der Waals surface area contributed by atoms with Crippen molar-refractivity contribution < 1.29 is 9.90 Å². The van der Waals surface area contributed by atoms with Gasteiger partial charge >= 0.3 is 0 Å². The minimum absolute atomic E-state index is 0.00341. The van der Waals surface area contributed by atoms with Crippen LogP contribution in [-0.4, -0.2) is 59.2 Å². The maximum atomic E-state index is 13.5. The molecule has 2 N–H and O–H groups in total. The lowest BCUT2D eigenvalue weighted by Gasteiger charge is -2.38. The van der Waals surface area contributed by atoms with Crippen molar-refractivity contribution in [2.45, 2.75) is 56.7 Å². The van der Waals surface area contributed by atoms with Crippen LogP contribution in [-0.2, 0) is 5.54 Å². The summed E-state index contributed by atoms with van der Waals surface area (Å²) in [4.78, 5) is 22.9. The number of piperidine rings is 1. The number of likely N-dealkylation sites (tertiary alicyclic amines) is 1. The van der Waals surface area contributed by atoms with Crippen LogP contribution in [0.3, 0.4) is 0 Å². The van der Waals surface area contributed by atoms with Gasteiger partial charge in [0.05, 0.1) is 17.2 Å². The zero-order valence-corrected chi connectivity index (χ0v) is 20.4. The van der Waals surface area contributed by atoms with Gasteiger partial charge in [0.2, 0.25) is 0 Å². The molecule has 2 aliphatic heterocycles. The molecule has 6 nitrogen and oxygen atoms in total. The summed E-state index contributed by atoms with van der Waals surface area (Å²) in [6.45, 7) is 5.80. The van der Waals surface area contributed by atoms with Crippen LogP contribution in [0.25, 0.3) is 10.9 Å². The molecule has 1 amide bonds. The molecule has 3 aliphatic rings. The quantitative estimate of drug-likeness (QED) is 0.590. The van der Waals surface area contributed by atoms with E-state index in [1.54, 1.807) is 0 Å². The summed E-state index contributed by atoms with van der Waals surface area (Å²) >= 11 is 0. The van der Waals surface area contributed by atoms with Crippen molar-refractivity contribution in [3.63, 3.8) is 0 Å². The van der Waals surface area contributed by atoms with E-state index in [4.69, 9.17) is 0 Å². The summed E-state index contributed by atoms with van der Waals surface area (Å²) < 4.78 is 0. The molecule has 1 aromatic heterocycles. The average Bonchev–Trinajstić information content (AvgIpc) is 3.53. The van der Waals surface area contributed by atoms with Crippen molar-refractivity contribution in [2.24, 2.45) is 0 Å². The van der Waals surface area contributed by atoms with Crippen molar-refractivity contribution in [3.05, 3.63) is 71.4 Å². The zero-order chi connectivity index (χ0) is 24.0. The Morgan fingerprint density at radius 2 is 1.86 bits per heavy atom. The molecule has 1 saturated carbocycles. The first-order valence-corrected chi connectivity index (χ1v) is 13.0. The number of carbonyl (C=O) groups excluding carboxylic acids is 1. The number of para-hydroxylation sites is 1. The summed E-state index contributed by atoms with van der Waals surface area (Å²) in [5, 5.41) is 14.4. The van der Waals surface area contributed by atoms with Gasteiger partial charge in [-0.2, -0.15) is 0 Å². The van der Waals surface area contributed by atoms with Crippen LogP contribution in [0.4, 0.5) is 5.69 Å². The molecule has 6 rings (SSSR count). The van der Waals surface area contributed by atoms with Gasteiger partial charge < -0.3 is 15.3 Å². The molecule has 0 bridgehead atoms. The van der Waals surface area contributed by atoms with E-state index in [1.165, 1.54) is 5.56 Å². The molecule has 3 aromatic rings. The van der Waals surface area contributed by atoms with Crippen LogP contribution in [0.15, 0.2) is 54.7 Å². The Labute approximate surface area is 207 Å². The molecule has 1 atom stereocenters. The second-order valence-corrected chi connectivity index (χ2v) is 10.6. The molecule has 3 heterocycles. The van der Waals surface area contributed by atoms with Gasteiger partial charge in [-0.15, -0.1) is 0 Å². The van der Waals surface area contributed by atoms with Gasteiger partial charge in [-0.3, -0.25) is 14.7 Å². The number of aliphatic hydroxyl groups excluding tert-OH is 1. The molecular formula is C29H34N4O2. The first-order valence-electron chi connectivity index (χ1n) is 13.0. The Morgan fingerprint density at radius 1 is 1.06 bits per heavy atom. The van der Waals surface area contributed by atoms with Gasteiger partial charge in [0.1, 0.15) is 0 Å². The number of pyridine rings is 1. The SMILES string of the molecule is Cc1ccc(N2CCC(N3CCC(O)C3)CC2)cc1C(=O)NC1(c2ccnc3ccccc23)CC1. The molecular weight excluding hydrogens is 436 g/mol. The summed E-state index contributed by atoms with van der Waals surface area (Å²) in [5.41, 5.74) is 4.72. The third-order valence-electron chi connectivity index (χ3n) is 8.27. The number of aryl methyl sites for hydroxylation is 1. The minimum Gasteiger partial charge on any atom is -0.392 e. The van der Waals surface area contributed by atoms with Crippen molar-refractivity contribution in [1.29, 1.82) is 0 Å². The number of β-amino-alcohol motifs (C(OH)–C–C–N with tert-alkyl or cyclic N) is 1. The molecule has 6 heteroatoms. The van der Waals surface area contributed by atoms with Crippen molar-refractivity contribution in [1.82, 2.24) is 15.2 Å². The second kappa shape index (κ2) is 8.92. The number of hydrogen-bond donors (Lipinski definition) is 2. The zero-order valence-electron chi connectivity index (χ0n) is 20.4. The number of fused-ring (bicyclic) bond motifs is 1. The van der Waals surface area contributed by atoms with E-state index in [0.29, 0.717) is 6.04 Å². The topological polar surface area (TPSA) is 68.7 Å². The first-order chi connectivity index (χ1) is 17.0. The average molecular weight is 471 g/mol. The predicted octanol–water partition coefficient (Wildman–Crippen LogP) is 4.00. The fourth-order valence-corrected chi connectivity index (χ4v) is 6.02. The van der Waals surface area contributed by atoms with E-state index in [2.05, 4.69) is 50.4 Å². The molecule has 0 radical (unpaired) electrons. The van der Waals surface area contributed by atoms with Crippen LogP contribution in [0, 0.1) is 6.92 Å². The summed E-state index contributed by atoms with van der Waals surface area (Å²) in [6.07, 6.45) is 6.68. The number of rotatable bonds is 5. The van der Waals surface area contributed by atoms with Crippen LogP contribution in [0.5, 0.6) is 0 Å². The maximum Gasteiger partial charge on any atom is 0.252 e. The highest BCUT2D eigenvalue weighted by atomic mass is 16.3. The summed E-state index contributed by atoms with van der Waals surface area (Å²) in [6, 6.07) is 17.1. The largest absolute Gasteiger partial charge is 0.392 e. The van der Waals surface area contributed by atoms with E-state index in [-0.39, 0.29) is 17.6 Å². The molecule has 2 saturated heterocycles. The van der Waals surface area contributed by atoms with Crippen LogP contribution >= 0.6 is 0 Å². The second-order valence-electron chi connectivity index (χ2n) is 10.6. The van der Waals surface area contributed by atoms with E-state index in [1.807, 2.05) is 31.3 Å². The van der Waals surface area contributed by atoms with Gasteiger partial charge in [0, 0.05) is 55.1 Å². The monoisotopic (exact) mass is 470 g/mol. The Balaban J connectivity index is 1.18. The smallest absolute Gasteiger partial charge is 0.252 e. The number of nitrogens with zero attached hydrogens (tertiary/aromatic N) is 3. The van der Waals surface area contributed by atoms with E-state index in [9.17, 15) is 9.90 Å². The Bertz CT molecular complexity index is 1240. The molecule has 1 aliphatic carbocycles. The summed E-state index contributed by atoms with van der Waals surface area (Å²) in [5.74, 6) is 0.00341. The number of aromatic nitrogens is 1. The van der Waals surface area contributed by atoms with Crippen LogP contribution in [0.1, 0.15) is 53.6 Å². The lowest BCUT2D eigenvalue weighted by atomic mass is 9.98. The Hall–Kier alpha value is -2.96. The van der Waals surface area contributed by atoms with Gasteiger partial charge in [0.15, 0.2) is 0 Å². The van der Waals surface area contributed by atoms with Crippen LogP contribution in [0.2, 0.25) is 0 Å². The third-order valence-corrected chi connectivity index (χ3v) is 8.27. The normalized spacial score (nSPS) is 22.5. The lowest BCUT2D eigenvalue weighted by molar-refractivity contribution is 0.0930. The van der Waals surface area contributed by atoms with Gasteiger partial charge in [0.25, 0.3) is 5.91 Å². The van der Waals surface area contributed by atoms with Gasteiger partial charge in [-0.05, 0) is 74.4 Å². The highest BCUT2D eigenvalue weighted by molar-refractivity contribution is 5.98. The molecule has 35 heavy (non-hydrogen) atoms. The predicted molar refractivity (Wildman–Crippen MR) is 139 cm³/mol. The van der Waals surface area contributed by atoms with Crippen molar-refractivity contribution >= 4 is 22.5 Å². The number of aliphatic hydroxyl groups is 1. The highest BCUT2D eigenvalue weighted by Gasteiger charge is 2.47. The Kier molecular flexibility index (Phi) is 5.73. The fraction of sp³-hybridized carbons (Fsp3) is 0.448. The number of hydrogen-bond acceptors (Lipinski definition) is 5. The van der Waals surface area contributed by atoms with Crippen molar-refractivity contribution in [3.8, 4) is 0 Å². The Morgan fingerprint density at radius 3 is 2.60 bits per heavy atom. The molecule has 2 aromatic carbocycles.